The molecule has 130 valence electrons. The third-order valence-electron chi connectivity index (χ3n) is 6.87. The molecule has 0 radical (unpaired) electrons. The number of carboxylic acids is 1. The van der Waals surface area contributed by atoms with Crippen molar-refractivity contribution >= 4 is 5.97 Å². The molecule has 3 N–H and O–H groups in total. The van der Waals surface area contributed by atoms with Gasteiger partial charge in [-0.2, -0.15) is 0 Å². The van der Waals surface area contributed by atoms with E-state index < -0.39 is 5.97 Å². The van der Waals surface area contributed by atoms with Crippen LogP contribution in [-0.2, 0) is 16.6 Å². The van der Waals surface area contributed by atoms with Crippen LogP contribution in [0.4, 0.5) is 0 Å². The lowest BCUT2D eigenvalue weighted by Gasteiger charge is -2.45. The Morgan fingerprint density at radius 1 is 1.17 bits per heavy atom. The van der Waals surface area contributed by atoms with Crippen molar-refractivity contribution in [1.82, 2.24) is 5.32 Å². The van der Waals surface area contributed by atoms with Crippen LogP contribution in [-0.4, -0.2) is 29.3 Å². The lowest BCUT2D eigenvalue weighted by molar-refractivity contribution is -0.136. The highest BCUT2D eigenvalue weighted by Crippen LogP contribution is 2.58. The highest BCUT2D eigenvalue weighted by Gasteiger charge is 2.53. The summed E-state index contributed by atoms with van der Waals surface area (Å²) >= 11 is 0. The predicted molar refractivity (Wildman–Crippen MR) is 92.2 cm³/mol. The standard InChI is InChI=1S/C20H27NO3/c22-17(23)10-13-4-3-5-16(19(13)24)20(8-1-2-9-20)18-14-6-7-15(18)12-21-11-14/h3-5,14-15,18,21,24H,1-2,6-12H2,(H,22,23). The molecular formula is C20H27NO3. The van der Waals surface area contributed by atoms with Crippen molar-refractivity contribution in [3.63, 3.8) is 0 Å². The van der Waals surface area contributed by atoms with Crippen LogP contribution in [0.2, 0.25) is 0 Å². The van der Waals surface area contributed by atoms with E-state index in [9.17, 15) is 9.90 Å². The van der Waals surface area contributed by atoms with Crippen molar-refractivity contribution in [3.05, 3.63) is 29.3 Å². The zero-order chi connectivity index (χ0) is 16.7. The zero-order valence-electron chi connectivity index (χ0n) is 14.1. The van der Waals surface area contributed by atoms with Gasteiger partial charge in [0.05, 0.1) is 6.42 Å². The molecule has 24 heavy (non-hydrogen) atoms. The van der Waals surface area contributed by atoms with Crippen LogP contribution < -0.4 is 5.32 Å². The Morgan fingerprint density at radius 3 is 2.46 bits per heavy atom. The van der Waals surface area contributed by atoms with Crippen LogP contribution in [0, 0.1) is 17.8 Å². The third kappa shape index (κ3) is 2.43. The van der Waals surface area contributed by atoms with Crippen LogP contribution in [0.3, 0.4) is 0 Å². The van der Waals surface area contributed by atoms with Gasteiger partial charge in [0.2, 0.25) is 0 Å². The first-order chi connectivity index (χ1) is 11.6. The highest BCUT2D eigenvalue weighted by atomic mass is 16.4. The topological polar surface area (TPSA) is 69.6 Å². The number of benzene rings is 1. The first-order valence-electron chi connectivity index (χ1n) is 9.36. The Hall–Kier alpha value is -1.55. The van der Waals surface area contributed by atoms with Gasteiger partial charge in [-0.25, -0.2) is 0 Å². The summed E-state index contributed by atoms with van der Waals surface area (Å²) in [7, 11) is 0. The summed E-state index contributed by atoms with van der Waals surface area (Å²) in [6.07, 6.45) is 7.18. The summed E-state index contributed by atoms with van der Waals surface area (Å²) in [5, 5.41) is 23.6. The number of hydrogen-bond donors (Lipinski definition) is 3. The van der Waals surface area contributed by atoms with Gasteiger partial charge in [0.1, 0.15) is 5.75 Å². The van der Waals surface area contributed by atoms with E-state index in [0.717, 1.165) is 31.5 Å². The number of phenolic OH excluding ortho intramolecular Hbond substituents is 1. The van der Waals surface area contributed by atoms with E-state index in [1.54, 1.807) is 6.07 Å². The first-order valence-corrected chi connectivity index (χ1v) is 9.36. The van der Waals surface area contributed by atoms with Gasteiger partial charge in [-0.05, 0) is 56.5 Å². The van der Waals surface area contributed by atoms with Crippen LogP contribution in [0.1, 0.15) is 49.7 Å². The number of rotatable bonds is 4. The van der Waals surface area contributed by atoms with Gasteiger partial charge in [-0.1, -0.05) is 31.0 Å². The molecule has 2 aliphatic carbocycles. The fraction of sp³-hybridized carbons (Fsp3) is 0.650. The van der Waals surface area contributed by atoms with Gasteiger partial charge in [0, 0.05) is 16.5 Å². The van der Waals surface area contributed by atoms with Crippen molar-refractivity contribution in [2.45, 2.75) is 50.4 Å². The fourth-order valence-electron chi connectivity index (χ4n) is 6.07. The molecule has 0 spiro atoms. The molecule has 2 unspecified atom stereocenters. The molecule has 4 rings (SSSR count). The summed E-state index contributed by atoms with van der Waals surface area (Å²) in [6.45, 7) is 2.19. The normalized spacial score (nSPS) is 31.2. The van der Waals surface area contributed by atoms with Crippen LogP contribution in [0.15, 0.2) is 18.2 Å². The molecule has 0 aromatic heterocycles. The average molecular weight is 329 g/mol. The van der Waals surface area contributed by atoms with E-state index in [2.05, 4.69) is 11.4 Å². The monoisotopic (exact) mass is 329 g/mol. The Balaban J connectivity index is 1.78. The Labute approximate surface area is 143 Å². The van der Waals surface area contributed by atoms with Gasteiger partial charge < -0.3 is 15.5 Å². The fourth-order valence-corrected chi connectivity index (χ4v) is 6.07. The van der Waals surface area contributed by atoms with E-state index in [-0.39, 0.29) is 17.6 Å². The maximum Gasteiger partial charge on any atom is 0.307 e. The molecule has 1 aliphatic heterocycles. The van der Waals surface area contributed by atoms with Crippen molar-refractivity contribution in [1.29, 1.82) is 0 Å². The van der Waals surface area contributed by atoms with Crippen molar-refractivity contribution < 1.29 is 15.0 Å². The molecule has 2 saturated carbocycles. The molecule has 1 aromatic rings. The summed E-state index contributed by atoms with van der Waals surface area (Å²) in [6, 6.07) is 5.76. The summed E-state index contributed by atoms with van der Waals surface area (Å²) in [5.74, 6) is 1.39. The van der Waals surface area contributed by atoms with Crippen LogP contribution in [0.25, 0.3) is 0 Å². The van der Waals surface area contributed by atoms with Crippen molar-refractivity contribution in [2.75, 3.05) is 13.1 Å². The van der Waals surface area contributed by atoms with E-state index in [4.69, 9.17) is 5.11 Å². The van der Waals surface area contributed by atoms with E-state index in [0.29, 0.717) is 23.3 Å². The summed E-state index contributed by atoms with van der Waals surface area (Å²) < 4.78 is 0. The number of carbonyl (C=O) groups is 1. The van der Waals surface area contributed by atoms with Gasteiger partial charge in [-0.15, -0.1) is 0 Å². The quantitative estimate of drug-likeness (QED) is 0.794. The largest absolute Gasteiger partial charge is 0.507 e. The summed E-state index contributed by atoms with van der Waals surface area (Å²) in [4.78, 5) is 11.1. The van der Waals surface area contributed by atoms with E-state index in [1.165, 1.54) is 25.7 Å². The lowest BCUT2D eigenvalue weighted by atomic mass is 9.61. The molecule has 4 nitrogen and oxygen atoms in total. The second kappa shape index (κ2) is 6.07. The number of fused-ring (bicyclic) bond motifs is 2. The van der Waals surface area contributed by atoms with Gasteiger partial charge in [0.15, 0.2) is 0 Å². The molecule has 4 heteroatoms. The minimum Gasteiger partial charge on any atom is -0.507 e. The molecule has 1 saturated heterocycles. The minimum absolute atomic E-state index is 0.0481. The second-order valence-electron chi connectivity index (χ2n) is 8.03. The Bertz CT molecular complexity index is 620. The maximum absolute atomic E-state index is 11.1. The van der Waals surface area contributed by atoms with Gasteiger partial charge in [-0.3, -0.25) is 4.79 Å². The number of hydrogen-bond acceptors (Lipinski definition) is 3. The number of phenols is 1. The first kappa shape index (κ1) is 15.9. The molecule has 3 aliphatic rings. The number of nitrogens with one attached hydrogen (secondary N) is 1. The molecule has 1 heterocycles. The molecule has 2 bridgehead atoms. The van der Waals surface area contributed by atoms with E-state index in [1.807, 2.05) is 6.07 Å². The molecule has 0 amide bonds. The Morgan fingerprint density at radius 2 is 1.83 bits per heavy atom. The average Bonchev–Trinajstić information content (AvgIpc) is 3.12. The van der Waals surface area contributed by atoms with Gasteiger partial charge in [0.25, 0.3) is 0 Å². The van der Waals surface area contributed by atoms with Crippen molar-refractivity contribution in [3.8, 4) is 5.75 Å². The van der Waals surface area contributed by atoms with E-state index >= 15 is 0 Å². The molecular weight excluding hydrogens is 302 g/mol. The number of aliphatic carboxylic acids is 1. The SMILES string of the molecule is O=C(O)Cc1cccc(C2(C3C4CCC3CNC4)CCCC2)c1O. The molecule has 3 fully saturated rings. The number of carboxylic acid groups (broad SMARTS) is 1. The zero-order valence-corrected chi connectivity index (χ0v) is 14.1. The minimum atomic E-state index is -0.884. The lowest BCUT2D eigenvalue weighted by Crippen LogP contribution is -2.48. The summed E-state index contributed by atoms with van der Waals surface area (Å²) in [5.41, 5.74) is 1.64. The predicted octanol–water partition coefficient (Wildman–Crippen LogP) is 3.08. The molecule has 1 aromatic carbocycles. The molecule has 2 atom stereocenters. The second-order valence-corrected chi connectivity index (χ2v) is 8.03. The van der Waals surface area contributed by atoms with Crippen LogP contribution >= 0.6 is 0 Å². The van der Waals surface area contributed by atoms with Crippen molar-refractivity contribution in [2.24, 2.45) is 17.8 Å². The number of para-hydroxylation sites is 1. The third-order valence-corrected chi connectivity index (χ3v) is 6.87. The number of aromatic hydroxyl groups is 1. The van der Waals surface area contributed by atoms with Gasteiger partial charge >= 0.3 is 5.97 Å². The van der Waals surface area contributed by atoms with Crippen LogP contribution in [0.5, 0.6) is 5.75 Å². The smallest absolute Gasteiger partial charge is 0.307 e. The highest BCUT2D eigenvalue weighted by molar-refractivity contribution is 5.71. The number of piperidine rings is 1. The Kier molecular flexibility index (Phi) is 4.03. The maximum atomic E-state index is 11.1.